The van der Waals surface area contributed by atoms with E-state index in [-0.39, 0.29) is 0 Å². The van der Waals surface area contributed by atoms with Crippen molar-refractivity contribution in [1.29, 1.82) is 0 Å². The minimum atomic E-state index is 0.797. The topological polar surface area (TPSA) is 35.2 Å². The molecule has 0 unspecified atom stereocenters. The first-order chi connectivity index (χ1) is 6.27. The van der Waals surface area contributed by atoms with Gasteiger partial charge >= 0.3 is 0 Å². The van der Waals surface area contributed by atoms with Crippen LogP contribution in [0.4, 0.5) is 0 Å². The van der Waals surface area contributed by atoms with Gasteiger partial charge in [-0.15, -0.1) is 0 Å². The Morgan fingerprint density at radius 1 is 1.31 bits per heavy atom. The van der Waals surface area contributed by atoms with E-state index in [1.165, 1.54) is 19.3 Å². The van der Waals surface area contributed by atoms with Gasteiger partial charge in [0.25, 0.3) is 0 Å². The fourth-order valence-corrected chi connectivity index (χ4v) is 0.927. The summed E-state index contributed by atoms with van der Waals surface area (Å²) >= 11 is 0. The number of hydrogen-bond acceptors (Lipinski definition) is 2. The van der Waals surface area contributed by atoms with E-state index in [9.17, 15) is 0 Å². The molecule has 0 spiro atoms. The Bertz CT molecular complexity index is 157. The van der Waals surface area contributed by atoms with Gasteiger partial charge in [-0.1, -0.05) is 26.2 Å². The monoisotopic (exact) mass is 183 g/mol. The number of nitrogens with two attached hydrogens (primary N) is 1. The van der Waals surface area contributed by atoms with Crippen LogP contribution in [0.25, 0.3) is 0 Å². The fraction of sp³-hybridized carbons (Fsp3) is 0.636. The van der Waals surface area contributed by atoms with Crippen molar-refractivity contribution >= 4 is 0 Å². The van der Waals surface area contributed by atoms with Crippen molar-refractivity contribution < 1.29 is 4.74 Å². The summed E-state index contributed by atoms with van der Waals surface area (Å²) in [5, 5.41) is 0. The van der Waals surface area contributed by atoms with Crippen molar-refractivity contribution in [2.24, 2.45) is 5.73 Å². The fourth-order valence-electron chi connectivity index (χ4n) is 0.927. The molecule has 76 valence electrons. The smallest absolute Gasteiger partial charge is 0.0873 e. The molecule has 0 aromatic rings. The SMILES string of the molecule is CCCCCCO/C=C\C=C(/C)N. The van der Waals surface area contributed by atoms with Gasteiger partial charge in [0.1, 0.15) is 0 Å². The molecule has 0 aliphatic carbocycles. The number of unbranched alkanes of at least 4 members (excludes halogenated alkanes) is 3. The summed E-state index contributed by atoms with van der Waals surface area (Å²) < 4.78 is 5.25. The first-order valence-corrected chi connectivity index (χ1v) is 4.98. The first-order valence-electron chi connectivity index (χ1n) is 4.98. The van der Waals surface area contributed by atoms with Crippen molar-refractivity contribution in [2.45, 2.75) is 39.5 Å². The van der Waals surface area contributed by atoms with E-state index in [1.54, 1.807) is 6.26 Å². The molecule has 0 rings (SSSR count). The molecule has 0 fully saturated rings. The van der Waals surface area contributed by atoms with Crippen LogP contribution in [-0.2, 0) is 4.74 Å². The molecule has 0 atom stereocenters. The van der Waals surface area contributed by atoms with Crippen LogP contribution in [0.3, 0.4) is 0 Å². The van der Waals surface area contributed by atoms with Gasteiger partial charge in [-0.05, 0) is 25.5 Å². The molecular weight excluding hydrogens is 162 g/mol. The normalized spacial score (nSPS) is 12.3. The predicted octanol–water partition coefficient (Wildman–Crippen LogP) is 2.96. The summed E-state index contributed by atoms with van der Waals surface area (Å²) in [7, 11) is 0. The van der Waals surface area contributed by atoms with Gasteiger partial charge in [-0.2, -0.15) is 0 Å². The number of hydrogen-bond donors (Lipinski definition) is 1. The second-order valence-electron chi connectivity index (χ2n) is 3.17. The molecule has 2 N–H and O–H groups in total. The van der Waals surface area contributed by atoms with Gasteiger partial charge in [-0.25, -0.2) is 0 Å². The Hall–Kier alpha value is -0.920. The minimum Gasteiger partial charge on any atom is -0.501 e. The van der Waals surface area contributed by atoms with Gasteiger partial charge in [-0.3, -0.25) is 0 Å². The Balaban J connectivity index is 3.16. The molecule has 2 nitrogen and oxygen atoms in total. The first kappa shape index (κ1) is 12.1. The Labute approximate surface area is 81.5 Å². The van der Waals surface area contributed by atoms with Crippen molar-refractivity contribution in [2.75, 3.05) is 6.61 Å². The molecule has 0 aromatic carbocycles. The van der Waals surface area contributed by atoms with Crippen LogP contribution < -0.4 is 5.73 Å². The summed E-state index contributed by atoms with van der Waals surface area (Å²) in [6.07, 6.45) is 10.3. The van der Waals surface area contributed by atoms with E-state index >= 15 is 0 Å². The lowest BCUT2D eigenvalue weighted by molar-refractivity contribution is 0.241. The van der Waals surface area contributed by atoms with E-state index in [0.717, 1.165) is 18.7 Å². The van der Waals surface area contributed by atoms with Gasteiger partial charge < -0.3 is 10.5 Å². The van der Waals surface area contributed by atoms with E-state index in [2.05, 4.69) is 6.92 Å². The number of rotatable bonds is 7. The second-order valence-corrected chi connectivity index (χ2v) is 3.17. The summed E-state index contributed by atoms with van der Waals surface area (Å²) in [4.78, 5) is 0. The standard InChI is InChI=1S/C11H21NO/c1-3-4-5-6-9-13-10-7-8-11(2)12/h7-8,10H,3-6,9,12H2,1-2H3/b10-7-,11-8+. The van der Waals surface area contributed by atoms with Crippen LogP contribution >= 0.6 is 0 Å². The maximum absolute atomic E-state index is 5.43. The van der Waals surface area contributed by atoms with Crippen molar-refractivity contribution in [3.8, 4) is 0 Å². The zero-order valence-corrected chi connectivity index (χ0v) is 8.75. The van der Waals surface area contributed by atoms with Gasteiger partial charge in [0.05, 0.1) is 12.9 Å². The molecule has 0 radical (unpaired) electrons. The highest BCUT2D eigenvalue weighted by Gasteiger charge is 1.85. The molecule has 0 saturated heterocycles. The molecule has 13 heavy (non-hydrogen) atoms. The summed E-state index contributed by atoms with van der Waals surface area (Å²) in [6.45, 7) is 4.87. The predicted molar refractivity (Wildman–Crippen MR) is 57.2 cm³/mol. The largest absolute Gasteiger partial charge is 0.501 e. The van der Waals surface area contributed by atoms with Gasteiger partial charge in [0.15, 0.2) is 0 Å². The van der Waals surface area contributed by atoms with Crippen molar-refractivity contribution in [1.82, 2.24) is 0 Å². The molecule has 0 bridgehead atoms. The van der Waals surface area contributed by atoms with E-state index < -0.39 is 0 Å². The molecule has 0 aromatic heterocycles. The van der Waals surface area contributed by atoms with Crippen LogP contribution in [0.1, 0.15) is 39.5 Å². The van der Waals surface area contributed by atoms with E-state index in [0.29, 0.717) is 0 Å². The lowest BCUT2D eigenvalue weighted by atomic mass is 10.2. The highest BCUT2D eigenvalue weighted by Crippen LogP contribution is 1.98. The molecule has 0 saturated carbocycles. The maximum atomic E-state index is 5.43. The third-order valence-electron chi connectivity index (χ3n) is 1.65. The van der Waals surface area contributed by atoms with Crippen LogP contribution in [0, 0.1) is 0 Å². The quantitative estimate of drug-likeness (QED) is 0.374. The minimum absolute atomic E-state index is 0.797. The van der Waals surface area contributed by atoms with Crippen LogP contribution in [-0.4, -0.2) is 6.61 Å². The highest BCUT2D eigenvalue weighted by atomic mass is 16.5. The third kappa shape index (κ3) is 11.1. The maximum Gasteiger partial charge on any atom is 0.0873 e. The molecule has 0 aliphatic heterocycles. The highest BCUT2D eigenvalue weighted by molar-refractivity contribution is 5.05. The van der Waals surface area contributed by atoms with Crippen molar-refractivity contribution in [3.63, 3.8) is 0 Å². The van der Waals surface area contributed by atoms with Crippen LogP contribution in [0.5, 0.6) is 0 Å². The average Bonchev–Trinajstić information content (AvgIpc) is 2.09. The zero-order chi connectivity index (χ0) is 9.94. The lowest BCUT2D eigenvalue weighted by Gasteiger charge is -1.98. The molecule has 2 heteroatoms. The summed E-state index contributed by atoms with van der Waals surface area (Å²) in [5.74, 6) is 0. The molecule has 0 aliphatic rings. The Kier molecular flexibility index (Phi) is 8.52. The van der Waals surface area contributed by atoms with E-state index in [4.69, 9.17) is 10.5 Å². The van der Waals surface area contributed by atoms with Crippen LogP contribution in [0.2, 0.25) is 0 Å². The van der Waals surface area contributed by atoms with Gasteiger partial charge in [0, 0.05) is 5.70 Å². The number of ether oxygens (including phenoxy) is 1. The summed E-state index contributed by atoms with van der Waals surface area (Å²) in [6, 6.07) is 0. The second kappa shape index (κ2) is 9.17. The van der Waals surface area contributed by atoms with Crippen molar-refractivity contribution in [3.05, 3.63) is 24.1 Å². The lowest BCUT2D eigenvalue weighted by Crippen LogP contribution is -1.89. The average molecular weight is 183 g/mol. The molecule has 0 amide bonds. The Morgan fingerprint density at radius 2 is 2.08 bits per heavy atom. The van der Waals surface area contributed by atoms with Crippen LogP contribution in [0.15, 0.2) is 24.1 Å². The van der Waals surface area contributed by atoms with E-state index in [1.807, 2.05) is 19.1 Å². The summed E-state index contributed by atoms with van der Waals surface area (Å²) in [5.41, 5.74) is 6.22. The zero-order valence-electron chi connectivity index (χ0n) is 8.75. The van der Waals surface area contributed by atoms with Gasteiger partial charge in [0.2, 0.25) is 0 Å². The Morgan fingerprint density at radius 3 is 2.69 bits per heavy atom. The third-order valence-corrected chi connectivity index (χ3v) is 1.65. The molecular formula is C11H21NO. The molecule has 0 heterocycles. The number of allylic oxidation sites excluding steroid dienone is 3.